The van der Waals surface area contributed by atoms with E-state index in [0.29, 0.717) is 0 Å². The van der Waals surface area contributed by atoms with Crippen LogP contribution in [0.1, 0.15) is 48.8 Å². The highest BCUT2D eigenvalue weighted by Crippen LogP contribution is 2.48. The van der Waals surface area contributed by atoms with Gasteiger partial charge >= 0.3 is 0 Å². The van der Waals surface area contributed by atoms with Crippen molar-refractivity contribution in [1.82, 2.24) is 4.90 Å². The molecule has 1 saturated heterocycles. The number of allylic oxidation sites excluding steroid dienone is 2. The zero-order chi connectivity index (χ0) is 17.0. The van der Waals surface area contributed by atoms with Crippen LogP contribution in [0.2, 0.25) is 0 Å². The Balaban J connectivity index is 1.31. The van der Waals surface area contributed by atoms with E-state index >= 15 is 0 Å². The lowest BCUT2D eigenvalue weighted by Crippen LogP contribution is -2.44. The Hall–Kier alpha value is -1.61. The molecule has 1 saturated carbocycles. The highest BCUT2D eigenvalue weighted by Gasteiger charge is 2.45. The third-order valence-corrected chi connectivity index (χ3v) is 7.41. The fraction of sp³-hybridized carbons (Fsp3) is 0.591. The summed E-state index contributed by atoms with van der Waals surface area (Å²) >= 11 is 0. The molecule has 0 amide bonds. The maximum absolute atomic E-state index is 9.49. The first-order valence-corrected chi connectivity index (χ1v) is 9.90. The van der Waals surface area contributed by atoms with Crippen LogP contribution >= 0.6 is 0 Å². The van der Waals surface area contributed by atoms with E-state index in [9.17, 15) is 5.21 Å². The molecule has 1 N–H and O–H groups in total. The van der Waals surface area contributed by atoms with Gasteiger partial charge in [-0.2, -0.15) is 0 Å². The number of nitrogens with zero attached hydrogens (tertiary/aromatic N) is 2. The van der Waals surface area contributed by atoms with Gasteiger partial charge < -0.3 is 10.1 Å². The van der Waals surface area contributed by atoms with Gasteiger partial charge in [0.25, 0.3) is 0 Å². The summed E-state index contributed by atoms with van der Waals surface area (Å²) in [5, 5.41) is 13.1. The minimum Gasteiger partial charge on any atom is -0.411 e. The van der Waals surface area contributed by atoms with Crippen LogP contribution in [0.4, 0.5) is 0 Å². The topological polar surface area (TPSA) is 35.8 Å². The number of hydrogen-bond acceptors (Lipinski definition) is 3. The highest BCUT2D eigenvalue weighted by molar-refractivity contribution is 6.06. The molecule has 3 heteroatoms. The van der Waals surface area contributed by atoms with Crippen LogP contribution in [0, 0.1) is 24.7 Å². The molecule has 5 rings (SSSR count). The number of likely N-dealkylation sites (tertiary alicyclic amines) is 1. The third-order valence-electron chi connectivity index (χ3n) is 7.41. The molecule has 0 aromatic heterocycles. The maximum atomic E-state index is 9.49. The largest absolute Gasteiger partial charge is 0.411 e. The van der Waals surface area contributed by atoms with E-state index < -0.39 is 0 Å². The predicted octanol–water partition coefficient (Wildman–Crippen LogP) is 4.12. The SMILES string of the molecule is Cc1ccc2c(c1)/C(=N/O)CC21CCN(CC2C[C@H]3C=C[C@H]2C3)CC1. The number of oxime groups is 1. The van der Waals surface area contributed by atoms with Gasteiger partial charge in [0.2, 0.25) is 0 Å². The van der Waals surface area contributed by atoms with Crippen molar-refractivity contribution in [1.29, 1.82) is 0 Å². The Labute approximate surface area is 150 Å². The van der Waals surface area contributed by atoms with E-state index in [1.54, 1.807) is 0 Å². The van der Waals surface area contributed by atoms with Crippen molar-refractivity contribution in [2.75, 3.05) is 19.6 Å². The van der Waals surface area contributed by atoms with Crippen LogP contribution in [-0.2, 0) is 5.41 Å². The van der Waals surface area contributed by atoms with E-state index in [1.807, 2.05) is 0 Å². The number of piperidine rings is 1. The van der Waals surface area contributed by atoms with Gasteiger partial charge in [0.15, 0.2) is 0 Å². The average Bonchev–Trinajstić information content (AvgIpc) is 3.31. The average molecular weight is 336 g/mol. The lowest BCUT2D eigenvalue weighted by Gasteiger charge is -2.41. The Kier molecular flexibility index (Phi) is 3.56. The number of hydrogen-bond donors (Lipinski definition) is 1. The molecule has 2 bridgehead atoms. The van der Waals surface area contributed by atoms with Crippen molar-refractivity contribution in [3.05, 3.63) is 47.0 Å². The van der Waals surface area contributed by atoms with Gasteiger partial charge in [-0.05, 0) is 75.1 Å². The molecule has 3 atom stereocenters. The molecule has 1 aromatic carbocycles. The molecule has 1 heterocycles. The smallest absolute Gasteiger partial charge is 0.0879 e. The first-order valence-electron chi connectivity index (χ1n) is 9.90. The fourth-order valence-electron chi connectivity index (χ4n) is 6.01. The minimum atomic E-state index is 0.204. The van der Waals surface area contributed by atoms with Crippen LogP contribution in [0.25, 0.3) is 0 Å². The van der Waals surface area contributed by atoms with Crippen molar-refractivity contribution >= 4 is 5.71 Å². The predicted molar refractivity (Wildman–Crippen MR) is 100 cm³/mol. The Morgan fingerprint density at radius 2 is 2.04 bits per heavy atom. The quantitative estimate of drug-likeness (QED) is 0.501. The van der Waals surface area contributed by atoms with Crippen molar-refractivity contribution < 1.29 is 5.21 Å². The molecule has 132 valence electrons. The first kappa shape index (κ1) is 15.6. The lowest BCUT2D eigenvalue weighted by molar-refractivity contribution is 0.137. The molecular weight excluding hydrogens is 308 g/mol. The Bertz CT molecular complexity index is 742. The summed E-state index contributed by atoms with van der Waals surface area (Å²) in [6.07, 6.45) is 11.0. The number of aryl methyl sites for hydroxylation is 1. The van der Waals surface area contributed by atoms with Gasteiger partial charge in [0.05, 0.1) is 5.71 Å². The third kappa shape index (κ3) is 2.47. The lowest BCUT2D eigenvalue weighted by atomic mass is 9.73. The van der Waals surface area contributed by atoms with Crippen molar-refractivity contribution in [2.24, 2.45) is 22.9 Å². The highest BCUT2D eigenvalue weighted by atomic mass is 16.4. The summed E-state index contributed by atoms with van der Waals surface area (Å²) in [5.41, 5.74) is 4.96. The van der Waals surface area contributed by atoms with Gasteiger partial charge in [-0.1, -0.05) is 35.0 Å². The van der Waals surface area contributed by atoms with Crippen molar-refractivity contribution in [3.8, 4) is 0 Å². The molecule has 25 heavy (non-hydrogen) atoms. The molecule has 1 aliphatic heterocycles. The molecule has 0 radical (unpaired) electrons. The summed E-state index contributed by atoms with van der Waals surface area (Å²) < 4.78 is 0. The Morgan fingerprint density at radius 3 is 2.72 bits per heavy atom. The second-order valence-electron chi connectivity index (χ2n) is 8.89. The summed E-state index contributed by atoms with van der Waals surface area (Å²) in [6.45, 7) is 5.77. The summed E-state index contributed by atoms with van der Waals surface area (Å²) in [7, 11) is 0. The van der Waals surface area contributed by atoms with E-state index in [1.165, 1.54) is 62.0 Å². The van der Waals surface area contributed by atoms with Gasteiger partial charge in [0, 0.05) is 23.9 Å². The van der Waals surface area contributed by atoms with E-state index in [0.717, 1.165) is 29.9 Å². The van der Waals surface area contributed by atoms with Gasteiger partial charge in [-0.15, -0.1) is 0 Å². The minimum absolute atomic E-state index is 0.204. The molecule has 3 aliphatic carbocycles. The standard InChI is InChI=1S/C22H28N2O/c1-15-2-5-20-19(10-15)21(23-25)13-22(20)6-8-24(9-7-22)14-18-12-16-3-4-17(18)11-16/h2-5,10,16-18,25H,6-9,11-14H2,1H3/b23-21+/t16-,17-,18?/m0/s1. The van der Waals surface area contributed by atoms with Gasteiger partial charge in [0.1, 0.15) is 0 Å². The summed E-state index contributed by atoms with van der Waals surface area (Å²) in [6, 6.07) is 6.71. The van der Waals surface area contributed by atoms with E-state index in [-0.39, 0.29) is 5.41 Å². The van der Waals surface area contributed by atoms with Crippen molar-refractivity contribution in [3.63, 3.8) is 0 Å². The molecule has 1 unspecified atom stereocenters. The molecule has 1 spiro atoms. The first-order chi connectivity index (χ1) is 12.2. The zero-order valence-corrected chi connectivity index (χ0v) is 15.1. The van der Waals surface area contributed by atoms with E-state index in [2.05, 4.69) is 47.3 Å². The molecular formula is C22H28N2O. The zero-order valence-electron chi connectivity index (χ0n) is 15.1. The Morgan fingerprint density at radius 1 is 1.20 bits per heavy atom. The maximum Gasteiger partial charge on any atom is 0.0879 e. The number of rotatable bonds is 2. The van der Waals surface area contributed by atoms with Crippen LogP contribution in [0.3, 0.4) is 0 Å². The van der Waals surface area contributed by atoms with Gasteiger partial charge in [-0.3, -0.25) is 0 Å². The van der Waals surface area contributed by atoms with Crippen molar-refractivity contribution in [2.45, 2.75) is 44.4 Å². The van der Waals surface area contributed by atoms with Crippen LogP contribution in [-0.4, -0.2) is 35.5 Å². The number of fused-ring (bicyclic) bond motifs is 4. The monoisotopic (exact) mass is 336 g/mol. The van der Waals surface area contributed by atoms with Gasteiger partial charge in [-0.25, -0.2) is 0 Å². The van der Waals surface area contributed by atoms with Crippen LogP contribution < -0.4 is 0 Å². The molecule has 3 nitrogen and oxygen atoms in total. The van der Waals surface area contributed by atoms with Crippen LogP contribution in [0.15, 0.2) is 35.5 Å². The molecule has 1 aromatic rings. The molecule has 4 aliphatic rings. The van der Waals surface area contributed by atoms with E-state index in [4.69, 9.17) is 0 Å². The molecule has 2 fully saturated rings. The second kappa shape index (κ2) is 5.70. The van der Waals surface area contributed by atoms with Crippen LogP contribution in [0.5, 0.6) is 0 Å². The second-order valence-corrected chi connectivity index (χ2v) is 8.89. The number of benzene rings is 1. The fourth-order valence-corrected chi connectivity index (χ4v) is 6.01. The summed E-state index contributed by atoms with van der Waals surface area (Å²) in [5.74, 6) is 2.61. The summed E-state index contributed by atoms with van der Waals surface area (Å²) in [4.78, 5) is 2.70. The normalized spacial score (nSPS) is 34.3.